The molecule has 0 aromatic heterocycles. The lowest BCUT2D eigenvalue weighted by molar-refractivity contribution is -0.142. The van der Waals surface area contributed by atoms with Crippen LogP contribution in [0.15, 0.2) is 36.4 Å². The minimum Gasteiger partial charge on any atom is -0.497 e. The second kappa shape index (κ2) is 12.7. The second-order valence-electron chi connectivity index (χ2n) is 9.63. The summed E-state index contributed by atoms with van der Waals surface area (Å²) in [6.45, 7) is 14.6. The fourth-order valence-corrected chi connectivity index (χ4v) is 10.5. The molecule has 0 aliphatic carbocycles. The van der Waals surface area contributed by atoms with Crippen molar-refractivity contribution in [1.29, 1.82) is 0 Å². The normalized spacial score (nSPS) is 23.2. The van der Waals surface area contributed by atoms with E-state index in [1.165, 1.54) is 0 Å². The molecule has 0 radical (unpaired) electrons. The van der Waals surface area contributed by atoms with E-state index in [9.17, 15) is 4.79 Å². The van der Waals surface area contributed by atoms with Gasteiger partial charge in [0, 0.05) is 0 Å². The maximum absolute atomic E-state index is 11.9. The van der Waals surface area contributed by atoms with E-state index in [0.29, 0.717) is 36.3 Å². The van der Waals surface area contributed by atoms with Crippen molar-refractivity contribution in [2.45, 2.75) is 95.9 Å². The molecular formula is C26H42O5Si. The van der Waals surface area contributed by atoms with Gasteiger partial charge in [-0.05, 0) is 47.2 Å². The van der Waals surface area contributed by atoms with E-state index in [-0.39, 0.29) is 12.2 Å². The summed E-state index contributed by atoms with van der Waals surface area (Å²) in [4.78, 5) is 11.9. The highest BCUT2D eigenvalue weighted by molar-refractivity contribution is 6.77. The molecule has 1 aromatic carbocycles. The van der Waals surface area contributed by atoms with Gasteiger partial charge in [-0.2, -0.15) is 0 Å². The van der Waals surface area contributed by atoms with Gasteiger partial charge in [0.1, 0.15) is 11.9 Å². The molecule has 0 saturated heterocycles. The topological polar surface area (TPSA) is 54.0 Å². The summed E-state index contributed by atoms with van der Waals surface area (Å²) < 4.78 is 24.3. The fraction of sp³-hybridized carbons (Fsp3) is 0.654. The molecule has 5 nitrogen and oxygen atoms in total. The number of hydrogen-bond donors (Lipinski definition) is 0. The molecule has 0 spiro atoms. The predicted molar refractivity (Wildman–Crippen MR) is 132 cm³/mol. The minimum atomic E-state index is -1.99. The van der Waals surface area contributed by atoms with Crippen LogP contribution in [0.4, 0.5) is 0 Å². The molecule has 3 atom stereocenters. The third-order valence-electron chi connectivity index (χ3n) is 6.63. The Morgan fingerprint density at radius 2 is 1.59 bits per heavy atom. The van der Waals surface area contributed by atoms with E-state index in [0.717, 1.165) is 24.0 Å². The Morgan fingerprint density at radius 3 is 2.12 bits per heavy atom. The lowest BCUT2D eigenvalue weighted by Gasteiger charge is -2.43. The lowest BCUT2D eigenvalue weighted by Crippen LogP contribution is -2.50. The summed E-state index contributed by atoms with van der Waals surface area (Å²) >= 11 is 0. The molecule has 32 heavy (non-hydrogen) atoms. The molecule has 0 bridgehead atoms. The van der Waals surface area contributed by atoms with Gasteiger partial charge in [-0.3, -0.25) is 0 Å². The van der Waals surface area contributed by atoms with E-state index >= 15 is 0 Å². The number of aldehydes is 1. The monoisotopic (exact) mass is 462 g/mol. The quantitative estimate of drug-likeness (QED) is 0.227. The molecule has 0 unspecified atom stereocenters. The Bertz CT molecular complexity index is 692. The third-order valence-corrected chi connectivity index (χ3v) is 12.7. The second-order valence-corrected chi connectivity index (χ2v) is 15.1. The highest BCUT2D eigenvalue weighted by Gasteiger charge is 2.45. The summed E-state index contributed by atoms with van der Waals surface area (Å²) in [5.41, 5.74) is 2.56. The SMILES string of the molecule is COc1ccc(CO[C@H]2C/C=C\C[C@@H](CO[Si](C(C)C)(C(C)C)C(C)C)O[C@@H]2C=O)cc1. The average molecular weight is 463 g/mol. The van der Waals surface area contributed by atoms with Gasteiger partial charge in [0.15, 0.2) is 14.6 Å². The van der Waals surface area contributed by atoms with Crippen LogP contribution in [-0.4, -0.2) is 46.6 Å². The smallest absolute Gasteiger partial charge is 0.200 e. The molecule has 180 valence electrons. The summed E-state index contributed by atoms with van der Waals surface area (Å²) in [7, 11) is -0.344. The van der Waals surface area contributed by atoms with Gasteiger partial charge in [0.2, 0.25) is 0 Å². The molecule has 0 saturated carbocycles. The van der Waals surface area contributed by atoms with E-state index < -0.39 is 14.4 Å². The average Bonchev–Trinajstić information content (AvgIpc) is 2.74. The van der Waals surface area contributed by atoms with Crippen molar-refractivity contribution in [3.05, 3.63) is 42.0 Å². The summed E-state index contributed by atoms with van der Waals surface area (Å²) in [6.07, 6.45) is 5.41. The van der Waals surface area contributed by atoms with Crippen LogP contribution in [0.1, 0.15) is 59.9 Å². The van der Waals surface area contributed by atoms with Crippen molar-refractivity contribution in [1.82, 2.24) is 0 Å². The van der Waals surface area contributed by atoms with Crippen LogP contribution in [0.25, 0.3) is 0 Å². The minimum absolute atomic E-state index is 0.156. The fourth-order valence-electron chi connectivity index (χ4n) is 5.03. The molecule has 1 aromatic rings. The number of benzene rings is 1. The first-order chi connectivity index (χ1) is 15.2. The highest BCUT2D eigenvalue weighted by Crippen LogP contribution is 2.42. The zero-order chi connectivity index (χ0) is 23.7. The van der Waals surface area contributed by atoms with E-state index in [4.69, 9.17) is 18.6 Å². The van der Waals surface area contributed by atoms with Crippen molar-refractivity contribution in [2.24, 2.45) is 0 Å². The zero-order valence-corrected chi connectivity index (χ0v) is 21.9. The maximum atomic E-state index is 11.9. The third kappa shape index (κ3) is 6.76. The van der Waals surface area contributed by atoms with Gasteiger partial charge in [0.25, 0.3) is 0 Å². The molecule has 0 amide bonds. The van der Waals surface area contributed by atoms with Crippen LogP contribution < -0.4 is 4.74 Å². The van der Waals surface area contributed by atoms with Crippen molar-refractivity contribution < 1.29 is 23.4 Å². The van der Waals surface area contributed by atoms with Gasteiger partial charge >= 0.3 is 0 Å². The molecule has 1 aliphatic rings. The van der Waals surface area contributed by atoms with E-state index in [2.05, 4.69) is 53.7 Å². The van der Waals surface area contributed by atoms with Crippen molar-refractivity contribution in [3.8, 4) is 5.75 Å². The maximum Gasteiger partial charge on any atom is 0.200 e. The van der Waals surface area contributed by atoms with Gasteiger partial charge < -0.3 is 23.4 Å². The molecular weight excluding hydrogens is 420 g/mol. The standard InChI is InChI=1S/C26H42O5Si/c1-19(2)32(20(3)4,21(5)6)30-18-24-10-8-9-11-25(26(16-27)31-24)29-17-22-12-14-23(28-7)15-13-22/h8-9,12-16,19-21,24-26H,10-11,17-18H2,1-7H3/b9-8-/t24-,25-,26+/m0/s1. The van der Waals surface area contributed by atoms with Gasteiger partial charge in [0.05, 0.1) is 32.5 Å². The first-order valence-electron chi connectivity index (χ1n) is 11.9. The Hall–Kier alpha value is -1.47. The molecule has 2 rings (SSSR count). The molecule has 0 N–H and O–H groups in total. The first-order valence-corrected chi connectivity index (χ1v) is 14.0. The first kappa shape index (κ1) is 26.8. The Balaban J connectivity index is 2.04. The molecule has 6 heteroatoms. The van der Waals surface area contributed by atoms with Crippen LogP contribution in [0.5, 0.6) is 5.75 Å². The Morgan fingerprint density at radius 1 is 1.00 bits per heavy atom. The van der Waals surface area contributed by atoms with Gasteiger partial charge in [-0.1, -0.05) is 65.8 Å². The summed E-state index contributed by atoms with van der Waals surface area (Å²) in [5.74, 6) is 0.809. The lowest BCUT2D eigenvalue weighted by atomic mass is 10.1. The van der Waals surface area contributed by atoms with Gasteiger partial charge in [-0.15, -0.1) is 0 Å². The van der Waals surface area contributed by atoms with Crippen LogP contribution in [0.3, 0.4) is 0 Å². The Labute approximate surface area is 195 Å². The zero-order valence-electron chi connectivity index (χ0n) is 20.9. The number of methoxy groups -OCH3 is 1. The number of carbonyl (C=O) groups is 1. The summed E-state index contributed by atoms with van der Waals surface area (Å²) in [5, 5.41) is 0. The van der Waals surface area contributed by atoms with Crippen LogP contribution in [-0.2, 0) is 25.3 Å². The van der Waals surface area contributed by atoms with Crippen molar-refractivity contribution >= 4 is 14.6 Å². The van der Waals surface area contributed by atoms with Crippen LogP contribution in [0.2, 0.25) is 16.6 Å². The highest BCUT2D eigenvalue weighted by atomic mass is 28.4. The molecule has 0 fully saturated rings. The molecule has 1 heterocycles. The number of carbonyl (C=O) groups excluding carboxylic acids is 1. The van der Waals surface area contributed by atoms with Crippen molar-refractivity contribution in [3.63, 3.8) is 0 Å². The van der Waals surface area contributed by atoms with E-state index in [1.807, 2.05) is 24.3 Å². The van der Waals surface area contributed by atoms with Crippen molar-refractivity contribution in [2.75, 3.05) is 13.7 Å². The number of ether oxygens (including phenoxy) is 3. The van der Waals surface area contributed by atoms with Gasteiger partial charge in [-0.25, -0.2) is 0 Å². The number of hydrogen-bond acceptors (Lipinski definition) is 5. The Kier molecular flexibility index (Phi) is 10.6. The summed E-state index contributed by atoms with van der Waals surface area (Å²) in [6, 6.07) is 7.76. The van der Waals surface area contributed by atoms with Crippen LogP contribution >= 0.6 is 0 Å². The largest absolute Gasteiger partial charge is 0.497 e. The van der Waals surface area contributed by atoms with Crippen LogP contribution in [0, 0.1) is 0 Å². The predicted octanol–water partition coefficient (Wildman–Crippen LogP) is 6.08. The van der Waals surface area contributed by atoms with E-state index in [1.54, 1.807) is 7.11 Å². The number of rotatable bonds is 11. The molecule has 1 aliphatic heterocycles.